The van der Waals surface area contributed by atoms with Crippen LogP contribution in [0.5, 0.6) is 0 Å². The minimum absolute atomic E-state index is 0.109. The molecule has 0 spiro atoms. The van der Waals surface area contributed by atoms with E-state index in [0.717, 1.165) is 42.8 Å². The zero-order valence-corrected chi connectivity index (χ0v) is 24.3. The Balaban J connectivity index is 1.40. The zero-order chi connectivity index (χ0) is 27.8. The lowest BCUT2D eigenvalue weighted by molar-refractivity contribution is -0.125. The molecule has 3 heterocycles. The highest BCUT2D eigenvalue weighted by atomic mass is 32.1. The van der Waals surface area contributed by atoms with E-state index in [1.54, 1.807) is 0 Å². The fourth-order valence-corrected chi connectivity index (χ4v) is 6.64. The van der Waals surface area contributed by atoms with Crippen molar-refractivity contribution in [3.8, 4) is 16.5 Å². The van der Waals surface area contributed by atoms with E-state index in [0.29, 0.717) is 56.2 Å². The fraction of sp³-hybridized carbons (Fsp3) is 0.600. The first-order valence-corrected chi connectivity index (χ1v) is 15.5. The van der Waals surface area contributed by atoms with E-state index in [4.69, 9.17) is 9.73 Å². The molecular weight excluding hydrogens is 522 g/mol. The number of nitrogens with one attached hydrogen (secondary N) is 2. The fourth-order valence-electron chi connectivity index (χ4n) is 5.84. The van der Waals surface area contributed by atoms with Gasteiger partial charge in [0.05, 0.1) is 24.2 Å². The van der Waals surface area contributed by atoms with E-state index in [1.165, 1.54) is 30.6 Å². The highest BCUT2D eigenvalue weighted by Crippen LogP contribution is 2.31. The Morgan fingerprint density at radius 3 is 2.60 bits per heavy atom. The van der Waals surface area contributed by atoms with Crippen LogP contribution in [-0.4, -0.2) is 84.7 Å². The number of likely N-dealkylation sites (tertiary alicyclic amines) is 1. The first-order valence-electron chi connectivity index (χ1n) is 14.6. The lowest BCUT2D eigenvalue weighted by Crippen LogP contribution is -2.60. The van der Waals surface area contributed by atoms with Gasteiger partial charge in [-0.3, -0.25) is 4.79 Å². The minimum Gasteiger partial charge on any atom is -0.378 e. The van der Waals surface area contributed by atoms with Gasteiger partial charge in [0.25, 0.3) is 0 Å². The summed E-state index contributed by atoms with van der Waals surface area (Å²) in [6, 6.07) is 12.1. The number of nitriles is 1. The Morgan fingerprint density at radius 2 is 1.90 bits per heavy atom. The summed E-state index contributed by atoms with van der Waals surface area (Å²) in [6.45, 7) is 4.19. The summed E-state index contributed by atoms with van der Waals surface area (Å²) in [5, 5.41) is 17.5. The average Bonchev–Trinajstić information content (AvgIpc) is 3.48. The van der Waals surface area contributed by atoms with Gasteiger partial charge < -0.3 is 25.2 Å². The number of hydrogen-bond acceptors (Lipinski definition) is 7. The molecule has 1 unspecified atom stereocenters. The Labute approximate surface area is 241 Å². The number of piperidine rings is 1. The smallest absolute Gasteiger partial charge is 0.243 e. The Bertz CT molecular complexity index is 1170. The Kier molecular flexibility index (Phi) is 9.68. The molecule has 40 heavy (non-hydrogen) atoms. The normalized spacial score (nSPS) is 21.4. The first-order chi connectivity index (χ1) is 19.5. The van der Waals surface area contributed by atoms with Crippen molar-refractivity contribution in [2.24, 2.45) is 10.9 Å². The molecule has 0 bridgehead atoms. The molecule has 2 saturated heterocycles. The van der Waals surface area contributed by atoms with Crippen molar-refractivity contribution in [1.82, 2.24) is 25.4 Å². The number of hydrogen-bond donors (Lipinski definition) is 2. The van der Waals surface area contributed by atoms with Gasteiger partial charge >= 0.3 is 0 Å². The maximum absolute atomic E-state index is 13.9. The number of ether oxygens (including phenoxy) is 1. The van der Waals surface area contributed by atoms with Gasteiger partial charge in [0.15, 0.2) is 0 Å². The zero-order valence-electron chi connectivity index (χ0n) is 23.5. The van der Waals surface area contributed by atoms with E-state index in [1.807, 2.05) is 24.4 Å². The molecule has 9 nitrogen and oxygen atoms in total. The number of aliphatic imine (C=N–C) groups is 1. The van der Waals surface area contributed by atoms with Crippen LogP contribution in [0.4, 0.5) is 5.13 Å². The lowest BCUT2D eigenvalue weighted by Gasteiger charge is -2.38. The number of benzene rings is 1. The third kappa shape index (κ3) is 7.39. The van der Waals surface area contributed by atoms with Crippen LogP contribution in [0, 0.1) is 17.2 Å². The molecule has 2 aliphatic heterocycles. The molecule has 1 aromatic heterocycles. The number of rotatable bonds is 7. The number of thiazole rings is 1. The van der Waals surface area contributed by atoms with Crippen LogP contribution in [0.3, 0.4) is 0 Å². The van der Waals surface area contributed by atoms with Crippen molar-refractivity contribution in [2.45, 2.75) is 62.9 Å². The van der Waals surface area contributed by atoms with Crippen LogP contribution in [0.1, 0.15) is 51.4 Å². The van der Waals surface area contributed by atoms with Crippen LogP contribution >= 0.6 is 11.3 Å². The van der Waals surface area contributed by atoms with E-state index < -0.39 is 11.6 Å². The molecule has 0 radical (unpaired) electrons. The maximum atomic E-state index is 13.9. The molecule has 1 aromatic carbocycles. The molecule has 2 N–H and O–H groups in total. The molecule has 1 atom stereocenters. The predicted octanol–water partition coefficient (Wildman–Crippen LogP) is 4.16. The Morgan fingerprint density at radius 1 is 1.18 bits per heavy atom. The number of carbonyl (C=O) groups excluding carboxylic acids is 1. The van der Waals surface area contributed by atoms with Gasteiger partial charge in [0.2, 0.25) is 17.0 Å². The molecule has 5 rings (SSSR count). The molecule has 10 heteroatoms. The summed E-state index contributed by atoms with van der Waals surface area (Å²) in [4.78, 5) is 28.9. The van der Waals surface area contributed by atoms with E-state index >= 15 is 0 Å². The summed E-state index contributed by atoms with van der Waals surface area (Å²) in [5.41, 5.74) is 0.281. The van der Waals surface area contributed by atoms with Crippen LogP contribution < -0.4 is 10.6 Å². The summed E-state index contributed by atoms with van der Waals surface area (Å²) in [6.07, 6.45) is 9.80. The summed E-state index contributed by atoms with van der Waals surface area (Å²) in [7, 11) is 2.06. The van der Waals surface area contributed by atoms with Crippen LogP contribution in [-0.2, 0) is 9.53 Å². The topological polar surface area (TPSA) is 106 Å². The standard InChI is InChI=1S/C30H41N7O2S/c1-36-14-12-30(22-31,13-15-36)35-27(38)25(20-23-8-4-2-5-9-23)33-28(37-16-18-39-19-17-37)34-29-32-21-26(40-29)24-10-6-3-7-11-24/h3,6-7,10-11,21,23,25H,2,4-5,8-9,12-20H2,1H3,(H,35,38)(H,32,33,34). The number of morpholine rings is 1. The van der Waals surface area contributed by atoms with Crippen LogP contribution in [0.2, 0.25) is 0 Å². The molecule has 3 aliphatic rings. The third-order valence-corrected chi connectivity index (χ3v) is 9.33. The second kappa shape index (κ2) is 13.6. The number of amides is 1. The van der Waals surface area contributed by atoms with E-state index in [-0.39, 0.29) is 5.91 Å². The SMILES string of the molecule is CN1CCC(C#N)(NC(=O)C(CC2CCCCC2)N/C(=N\c2ncc(-c3ccccc3)s2)N2CCOCC2)CC1. The molecule has 1 amide bonds. The number of aromatic nitrogens is 1. The Hall–Kier alpha value is -3.00. The minimum atomic E-state index is -0.827. The first kappa shape index (κ1) is 28.5. The van der Waals surface area contributed by atoms with Crippen molar-refractivity contribution in [2.75, 3.05) is 46.4 Å². The average molecular weight is 564 g/mol. The van der Waals surface area contributed by atoms with Crippen LogP contribution in [0.25, 0.3) is 10.4 Å². The molecule has 214 valence electrons. The quantitative estimate of drug-likeness (QED) is 0.385. The van der Waals surface area contributed by atoms with Gasteiger partial charge in [-0.15, -0.1) is 0 Å². The second-order valence-electron chi connectivity index (χ2n) is 11.3. The largest absolute Gasteiger partial charge is 0.378 e. The third-order valence-electron chi connectivity index (χ3n) is 8.39. The van der Waals surface area contributed by atoms with Crippen molar-refractivity contribution < 1.29 is 9.53 Å². The summed E-state index contributed by atoms with van der Waals surface area (Å²) in [5.74, 6) is 1.02. The second-order valence-corrected chi connectivity index (χ2v) is 12.3. The van der Waals surface area contributed by atoms with Gasteiger partial charge in [-0.1, -0.05) is 73.8 Å². The highest BCUT2D eigenvalue weighted by Gasteiger charge is 2.38. The number of nitrogens with zero attached hydrogens (tertiary/aromatic N) is 5. The molecule has 1 saturated carbocycles. The highest BCUT2D eigenvalue weighted by molar-refractivity contribution is 7.18. The summed E-state index contributed by atoms with van der Waals surface area (Å²) < 4.78 is 5.62. The monoisotopic (exact) mass is 563 g/mol. The molecule has 2 aromatic rings. The van der Waals surface area contributed by atoms with Crippen molar-refractivity contribution >= 4 is 28.3 Å². The van der Waals surface area contributed by atoms with Crippen molar-refractivity contribution in [3.63, 3.8) is 0 Å². The van der Waals surface area contributed by atoms with Crippen LogP contribution in [0.15, 0.2) is 41.5 Å². The van der Waals surface area contributed by atoms with Crippen molar-refractivity contribution in [3.05, 3.63) is 36.5 Å². The van der Waals surface area contributed by atoms with Crippen molar-refractivity contribution in [1.29, 1.82) is 5.26 Å². The van der Waals surface area contributed by atoms with Gasteiger partial charge in [-0.2, -0.15) is 10.3 Å². The molecule has 3 fully saturated rings. The summed E-state index contributed by atoms with van der Waals surface area (Å²) >= 11 is 1.54. The molecular formula is C30H41N7O2S. The number of carbonyl (C=O) groups is 1. The molecule has 1 aliphatic carbocycles. The number of guanidine groups is 1. The van der Waals surface area contributed by atoms with E-state index in [9.17, 15) is 10.1 Å². The lowest BCUT2D eigenvalue weighted by atomic mass is 9.84. The van der Waals surface area contributed by atoms with E-state index in [2.05, 4.69) is 50.7 Å². The van der Waals surface area contributed by atoms with Gasteiger partial charge in [-0.25, -0.2) is 4.98 Å². The van der Waals surface area contributed by atoms with Gasteiger partial charge in [0, 0.05) is 32.4 Å². The van der Waals surface area contributed by atoms with Gasteiger partial charge in [0.1, 0.15) is 11.6 Å². The maximum Gasteiger partial charge on any atom is 0.243 e. The predicted molar refractivity (Wildman–Crippen MR) is 158 cm³/mol. The van der Waals surface area contributed by atoms with Gasteiger partial charge in [-0.05, 0) is 37.8 Å².